The third-order valence-electron chi connectivity index (χ3n) is 2.95. The maximum Gasteiger partial charge on any atom is 0.308 e. The van der Waals surface area contributed by atoms with Gasteiger partial charge in [-0.3, -0.25) is 4.79 Å². The topological polar surface area (TPSA) is 69.6 Å². The molecule has 0 fully saturated rings. The number of hydroxylamine groups is 1. The third-order valence-corrected chi connectivity index (χ3v) is 2.95. The zero-order valence-corrected chi connectivity index (χ0v) is 9.97. The highest BCUT2D eigenvalue weighted by Crippen LogP contribution is 2.14. The highest BCUT2D eigenvalue weighted by atomic mass is 16.5. The molecule has 0 aliphatic rings. The van der Waals surface area contributed by atoms with Gasteiger partial charge in [-0.05, 0) is 31.7 Å². The fraction of sp³-hybridized carbons (Fsp3) is 0.462. The van der Waals surface area contributed by atoms with E-state index in [-0.39, 0.29) is 0 Å². The van der Waals surface area contributed by atoms with E-state index >= 15 is 0 Å². The molecule has 0 saturated carbocycles. The van der Waals surface area contributed by atoms with E-state index in [9.17, 15) is 4.79 Å². The van der Waals surface area contributed by atoms with Crippen LogP contribution in [-0.2, 0) is 11.2 Å². The first kappa shape index (κ1) is 13.7. The molecule has 4 heteroatoms. The number of aryl methyl sites for hydroxylation is 1. The summed E-state index contributed by atoms with van der Waals surface area (Å²) in [7, 11) is 0. The van der Waals surface area contributed by atoms with Crippen LogP contribution < -0.4 is 5.48 Å². The van der Waals surface area contributed by atoms with Gasteiger partial charge in [0.25, 0.3) is 0 Å². The van der Waals surface area contributed by atoms with E-state index in [1.54, 1.807) is 6.92 Å². The SMILES string of the molecule is C[C@H](NO)[C@@H](CCCc1ccccc1)C(=O)O. The highest BCUT2D eigenvalue weighted by molar-refractivity contribution is 5.70. The van der Waals surface area contributed by atoms with Gasteiger partial charge in [0.2, 0.25) is 0 Å². The van der Waals surface area contributed by atoms with Crippen LogP contribution in [0.2, 0.25) is 0 Å². The van der Waals surface area contributed by atoms with Gasteiger partial charge < -0.3 is 10.3 Å². The van der Waals surface area contributed by atoms with E-state index in [1.165, 1.54) is 5.56 Å². The number of aliphatic carboxylic acids is 1. The lowest BCUT2D eigenvalue weighted by Crippen LogP contribution is -2.36. The van der Waals surface area contributed by atoms with Crippen molar-refractivity contribution in [2.45, 2.75) is 32.2 Å². The zero-order valence-electron chi connectivity index (χ0n) is 9.97. The number of hydrogen-bond acceptors (Lipinski definition) is 3. The lowest BCUT2D eigenvalue weighted by atomic mass is 9.94. The fourth-order valence-electron chi connectivity index (χ4n) is 1.85. The molecule has 1 rings (SSSR count). The van der Waals surface area contributed by atoms with Crippen molar-refractivity contribution in [1.82, 2.24) is 5.48 Å². The second kappa shape index (κ2) is 7.04. The Labute approximate surface area is 101 Å². The van der Waals surface area contributed by atoms with Crippen molar-refractivity contribution < 1.29 is 15.1 Å². The number of carboxylic acids is 1. The molecule has 1 aromatic rings. The predicted molar refractivity (Wildman–Crippen MR) is 64.9 cm³/mol. The summed E-state index contributed by atoms with van der Waals surface area (Å²) >= 11 is 0. The van der Waals surface area contributed by atoms with Crippen LogP contribution >= 0.6 is 0 Å². The van der Waals surface area contributed by atoms with Crippen molar-refractivity contribution in [2.75, 3.05) is 0 Å². The zero-order chi connectivity index (χ0) is 12.7. The molecule has 0 saturated heterocycles. The monoisotopic (exact) mass is 237 g/mol. The number of carboxylic acid groups (broad SMARTS) is 1. The molecular formula is C13H19NO3. The van der Waals surface area contributed by atoms with Crippen LogP contribution in [0, 0.1) is 5.92 Å². The predicted octanol–water partition coefficient (Wildman–Crippen LogP) is 2.08. The Hall–Kier alpha value is -1.39. The van der Waals surface area contributed by atoms with Crippen LogP contribution in [0.1, 0.15) is 25.3 Å². The van der Waals surface area contributed by atoms with Crippen LogP contribution in [0.25, 0.3) is 0 Å². The Bertz CT molecular complexity index is 340. The lowest BCUT2D eigenvalue weighted by Gasteiger charge is -2.18. The number of rotatable bonds is 7. The van der Waals surface area contributed by atoms with Crippen molar-refractivity contribution in [1.29, 1.82) is 0 Å². The molecule has 0 aliphatic carbocycles. The maximum absolute atomic E-state index is 11.0. The van der Waals surface area contributed by atoms with Crippen LogP contribution in [0.4, 0.5) is 0 Å². The number of carbonyl (C=O) groups is 1. The molecule has 2 atom stereocenters. The summed E-state index contributed by atoms with van der Waals surface area (Å²) in [5.41, 5.74) is 3.22. The first-order valence-electron chi connectivity index (χ1n) is 5.81. The summed E-state index contributed by atoms with van der Waals surface area (Å²) in [6, 6.07) is 9.54. The van der Waals surface area contributed by atoms with Crippen molar-refractivity contribution in [3.05, 3.63) is 35.9 Å². The minimum Gasteiger partial charge on any atom is -0.481 e. The van der Waals surface area contributed by atoms with Gasteiger partial charge in [-0.15, -0.1) is 0 Å². The molecule has 94 valence electrons. The van der Waals surface area contributed by atoms with E-state index in [2.05, 4.69) is 0 Å². The molecule has 0 heterocycles. The van der Waals surface area contributed by atoms with Crippen molar-refractivity contribution >= 4 is 5.97 Å². The molecule has 4 nitrogen and oxygen atoms in total. The standard InChI is InChI=1S/C13H19NO3/c1-10(14-17)12(13(15)16)9-5-8-11-6-3-2-4-7-11/h2-4,6-7,10,12,14,17H,5,8-9H2,1H3,(H,15,16)/t10-,12+/m0/s1. The first-order valence-corrected chi connectivity index (χ1v) is 5.81. The molecule has 1 aromatic carbocycles. The molecular weight excluding hydrogens is 218 g/mol. The molecule has 17 heavy (non-hydrogen) atoms. The highest BCUT2D eigenvalue weighted by Gasteiger charge is 2.23. The van der Waals surface area contributed by atoms with E-state index in [0.29, 0.717) is 6.42 Å². The summed E-state index contributed by atoms with van der Waals surface area (Å²) < 4.78 is 0. The van der Waals surface area contributed by atoms with Gasteiger partial charge in [-0.2, -0.15) is 0 Å². The van der Waals surface area contributed by atoms with E-state index < -0.39 is 17.9 Å². The van der Waals surface area contributed by atoms with Gasteiger partial charge in [-0.25, -0.2) is 5.48 Å². The lowest BCUT2D eigenvalue weighted by molar-refractivity contribution is -0.144. The van der Waals surface area contributed by atoms with Crippen molar-refractivity contribution in [3.63, 3.8) is 0 Å². The summed E-state index contributed by atoms with van der Waals surface area (Å²) in [5.74, 6) is -1.42. The molecule has 0 amide bonds. The second-order valence-corrected chi connectivity index (χ2v) is 4.24. The van der Waals surface area contributed by atoms with Gasteiger partial charge in [0.1, 0.15) is 0 Å². The number of benzene rings is 1. The molecule has 3 N–H and O–H groups in total. The largest absolute Gasteiger partial charge is 0.481 e. The minimum atomic E-state index is -0.868. The van der Waals surface area contributed by atoms with Crippen molar-refractivity contribution in [3.8, 4) is 0 Å². The van der Waals surface area contributed by atoms with E-state index in [1.807, 2.05) is 35.8 Å². The Balaban J connectivity index is 2.40. The Morgan fingerprint density at radius 1 is 1.35 bits per heavy atom. The minimum absolute atomic E-state index is 0.428. The van der Waals surface area contributed by atoms with Crippen LogP contribution in [0.15, 0.2) is 30.3 Å². The molecule has 0 bridgehead atoms. The fourth-order valence-corrected chi connectivity index (χ4v) is 1.85. The van der Waals surface area contributed by atoms with Gasteiger partial charge in [0.15, 0.2) is 0 Å². The second-order valence-electron chi connectivity index (χ2n) is 4.24. The Kier molecular flexibility index (Phi) is 5.66. The number of nitrogens with one attached hydrogen (secondary N) is 1. The molecule has 0 unspecified atom stereocenters. The van der Waals surface area contributed by atoms with E-state index in [0.717, 1.165) is 12.8 Å². The number of hydrogen-bond donors (Lipinski definition) is 3. The Morgan fingerprint density at radius 2 is 2.00 bits per heavy atom. The first-order chi connectivity index (χ1) is 8.15. The van der Waals surface area contributed by atoms with Gasteiger partial charge in [-0.1, -0.05) is 30.3 Å². The third kappa shape index (κ3) is 4.54. The molecule has 0 aliphatic heterocycles. The quantitative estimate of drug-likeness (QED) is 0.635. The summed E-state index contributed by atoms with van der Waals surface area (Å²) in [5, 5.41) is 17.8. The van der Waals surface area contributed by atoms with Crippen LogP contribution in [0.5, 0.6) is 0 Å². The normalized spacial score (nSPS) is 14.2. The van der Waals surface area contributed by atoms with Gasteiger partial charge in [0.05, 0.1) is 5.92 Å². The van der Waals surface area contributed by atoms with Crippen LogP contribution in [-0.4, -0.2) is 22.3 Å². The smallest absolute Gasteiger partial charge is 0.308 e. The molecule has 0 aromatic heterocycles. The van der Waals surface area contributed by atoms with Crippen molar-refractivity contribution in [2.24, 2.45) is 5.92 Å². The van der Waals surface area contributed by atoms with E-state index in [4.69, 9.17) is 10.3 Å². The van der Waals surface area contributed by atoms with Gasteiger partial charge >= 0.3 is 5.97 Å². The summed E-state index contributed by atoms with van der Waals surface area (Å²) in [6.45, 7) is 1.67. The summed E-state index contributed by atoms with van der Waals surface area (Å²) in [6.07, 6.45) is 2.22. The summed E-state index contributed by atoms with van der Waals surface area (Å²) in [4.78, 5) is 11.0. The average molecular weight is 237 g/mol. The maximum atomic E-state index is 11.0. The molecule has 0 spiro atoms. The van der Waals surface area contributed by atoms with Gasteiger partial charge in [0, 0.05) is 6.04 Å². The average Bonchev–Trinajstić information content (AvgIpc) is 2.34. The Morgan fingerprint density at radius 3 is 2.53 bits per heavy atom. The molecule has 0 radical (unpaired) electrons. The van der Waals surface area contributed by atoms with Crippen LogP contribution in [0.3, 0.4) is 0 Å².